The Balaban J connectivity index is 1.94. The molecule has 2 N–H and O–H groups in total. The van der Waals surface area contributed by atoms with Crippen LogP contribution < -0.4 is 5.73 Å². The molecule has 2 aromatic rings. The molecule has 0 aromatic heterocycles. The second-order valence-electron chi connectivity index (χ2n) is 4.24. The molecular formula is C16H17NO2. The first-order valence-corrected chi connectivity index (χ1v) is 6.29. The Morgan fingerprint density at radius 2 is 1.58 bits per heavy atom. The topological polar surface area (TPSA) is 52.3 Å². The van der Waals surface area contributed by atoms with E-state index in [1.807, 2.05) is 18.2 Å². The van der Waals surface area contributed by atoms with E-state index in [1.54, 1.807) is 0 Å². The molecule has 3 nitrogen and oxygen atoms in total. The Hall–Kier alpha value is -2.13. The average molecular weight is 255 g/mol. The third-order valence-electron chi connectivity index (χ3n) is 2.88. The highest BCUT2D eigenvalue weighted by Gasteiger charge is 2.00. The van der Waals surface area contributed by atoms with Gasteiger partial charge in [0.2, 0.25) is 0 Å². The van der Waals surface area contributed by atoms with Crippen LogP contribution >= 0.6 is 0 Å². The van der Waals surface area contributed by atoms with Crippen molar-refractivity contribution in [1.29, 1.82) is 0 Å². The van der Waals surface area contributed by atoms with Crippen molar-refractivity contribution in [2.45, 2.75) is 6.42 Å². The van der Waals surface area contributed by atoms with E-state index in [-0.39, 0.29) is 12.5 Å². The third kappa shape index (κ3) is 3.93. The number of carbonyl (C=O) groups excluding carboxylic acids is 1. The molecule has 0 radical (unpaired) electrons. The van der Waals surface area contributed by atoms with Crippen LogP contribution in [-0.4, -0.2) is 19.1 Å². The molecule has 2 rings (SSSR count). The highest BCUT2D eigenvalue weighted by molar-refractivity contribution is 5.71. The van der Waals surface area contributed by atoms with Gasteiger partial charge in [0.1, 0.15) is 0 Å². The minimum atomic E-state index is -0.360. The van der Waals surface area contributed by atoms with Gasteiger partial charge in [-0.25, -0.2) is 0 Å². The number of hydrogen-bond donors (Lipinski definition) is 1. The summed E-state index contributed by atoms with van der Waals surface area (Å²) < 4.78 is 4.95. The second-order valence-corrected chi connectivity index (χ2v) is 4.24. The van der Waals surface area contributed by atoms with Crippen LogP contribution in [-0.2, 0) is 16.0 Å². The van der Waals surface area contributed by atoms with Gasteiger partial charge >= 0.3 is 5.97 Å². The highest BCUT2D eigenvalue weighted by atomic mass is 16.5. The lowest BCUT2D eigenvalue weighted by molar-refractivity contribution is -0.141. The molecular weight excluding hydrogens is 238 g/mol. The van der Waals surface area contributed by atoms with E-state index in [9.17, 15) is 4.79 Å². The second kappa shape index (κ2) is 6.71. The Morgan fingerprint density at radius 3 is 2.21 bits per heavy atom. The maximum Gasteiger partial charge on any atom is 0.319 e. The van der Waals surface area contributed by atoms with Crippen molar-refractivity contribution in [2.24, 2.45) is 5.73 Å². The molecule has 0 heterocycles. The van der Waals surface area contributed by atoms with Gasteiger partial charge in [0, 0.05) is 6.42 Å². The van der Waals surface area contributed by atoms with Crippen molar-refractivity contribution in [3.63, 3.8) is 0 Å². The van der Waals surface area contributed by atoms with E-state index < -0.39 is 0 Å². The lowest BCUT2D eigenvalue weighted by atomic mass is 10.0. The Labute approximate surface area is 113 Å². The third-order valence-corrected chi connectivity index (χ3v) is 2.88. The van der Waals surface area contributed by atoms with Crippen molar-refractivity contribution in [3.05, 3.63) is 60.2 Å². The molecule has 98 valence electrons. The fraction of sp³-hybridized carbons (Fsp3) is 0.188. The van der Waals surface area contributed by atoms with Crippen molar-refractivity contribution in [2.75, 3.05) is 13.2 Å². The summed E-state index contributed by atoms with van der Waals surface area (Å²) in [6.07, 6.45) is 0.709. The zero-order chi connectivity index (χ0) is 13.5. The van der Waals surface area contributed by atoms with Crippen LogP contribution in [0.25, 0.3) is 11.1 Å². The minimum absolute atomic E-state index is 0.0626. The first kappa shape index (κ1) is 13.3. The lowest BCUT2D eigenvalue weighted by Gasteiger charge is -2.05. The first-order valence-electron chi connectivity index (χ1n) is 6.29. The van der Waals surface area contributed by atoms with Crippen LogP contribution in [0.15, 0.2) is 54.6 Å². The van der Waals surface area contributed by atoms with Gasteiger partial charge in [0.15, 0.2) is 0 Å². The molecule has 2 aromatic carbocycles. The summed E-state index contributed by atoms with van der Waals surface area (Å²) in [4.78, 5) is 10.9. The van der Waals surface area contributed by atoms with Crippen molar-refractivity contribution in [3.8, 4) is 11.1 Å². The van der Waals surface area contributed by atoms with Crippen LogP contribution in [0, 0.1) is 0 Å². The molecule has 0 amide bonds. The standard InChI is InChI=1S/C16H17NO2/c17-12-16(18)19-11-10-13-6-8-15(9-7-13)14-4-2-1-3-5-14/h1-9H,10-12,17H2. The normalized spacial score (nSPS) is 10.2. The summed E-state index contributed by atoms with van der Waals surface area (Å²) >= 11 is 0. The monoisotopic (exact) mass is 255 g/mol. The van der Waals surface area contributed by atoms with E-state index in [0.29, 0.717) is 13.0 Å². The van der Waals surface area contributed by atoms with Gasteiger partial charge in [-0.05, 0) is 16.7 Å². The van der Waals surface area contributed by atoms with Crippen LogP contribution in [0.4, 0.5) is 0 Å². The van der Waals surface area contributed by atoms with Crippen molar-refractivity contribution in [1.82, 2.24) is 0 Å². The van der Waals surface area contributed by atoms with Gasteiger partial charge in [-0.15, -0.1) is 0 Å². The van der Waals surface area contributed by atoms with E-state index in [2.05, 4.69) is 36.4 Å². The van der Waals surface area contributed by atoms with Crippen LogP contribution in [0.3, 0.4) is 0 Å². The van der Waals surface area contributed by atoms with E-state index in [1.165, 1.54) is 11.1 Å². The van der Waals surface area contributed by atoms with Crippen LogP contribution in [0.2, 0.25) is 0 Å². The predicted molar refractivity (Wildman–Crippen MR) is 75.6 cm³/mol. The molecule has 0 atom stereocenters. The first-order chi connectivity index (χ1) is 9.29. The molecule has 0 unspecified atom stereocenters. The molecule has 0 bridgehead atoms. The summed E-state index contributed by atoms with van der Waals surface area (Å²) in [5, 5.41) is 0. The van der Waals surface area contributed by atoms with Crippen LogP contribution in [0.1, 0.15) is 5.56 Å². The fourth-order valence-corrected chi connectivity index (χ4v) is 1.84. The highest BCUT2D eigenvalue weighted by Crippen LogP contribution is 2.19. The van der Waals surface area contributed by atoms with E-state index in [0.717, 1.165) is 5.56 Å². The quantitative estimate of drug-likeness (QED) is 0.835. The maximum atomic E-state index is 10.9. The number of ether oxygens (including phenoxy) is 1. The van der Waals surface area contributed by atoms with E-state index >= 15 is 0 Å². The van der Waals surface area contributed by atoms with E-state index in [4.69, 9.17) is 10.5 Å². The van der Waals surface area contributed by atoms with Crippen molar-refractivity contribution < 1.29 is 9.53 Å². The minimum Gasteiger partial charge on any atom is -0.464 e. The molecule has 0 saturated heterocycles. The molecule has 0 aliphatic carbocycles. The van der Waals surface area contributed by atoms with Gasteiger partial charge in [0.25, 0.3) is 0 Å². The smallest absolute Gasteiger partial charge is 0.319 e. The molecule has 0 aliphatic rings. The maximum absolute atomic E-state index is 10.9. The summed E-state index contributed by atoms with van der Waals surface area (Å²) in [7, 11) is 0. The summed E-state index contributed by atoms with van der Waals surface area (Å²) in [6.45, 7) is 0.313. The fourth-order valence-electron chi connectivity index (χ4n) is 1.84. The van der Waals surface area contributed by atoms with Gasteiger partial charge in [-0.1, -0.05) is 54.6 Å². The molecule has 3 heteroatoms. The summed E-state index contributed by atoms with van der Waals surface area (Å²) in [5.74, 6) is -0.360. The average Bonchev–Trinajstić information content (AvgIpc) is 2.48. The lowest BCUT2D eigenvalue weighted by Crippen LogP contribution is -2.17. The van der Waals surface area contributed by atoms with Gasteiger partial charge in [-0.2, -0.15) is 0 Å². The number of hydrogen-bond acceptors (Lipinski definition) is 3. The molecule has 0 aliphatic heterocycles. The predicted octanol–water partition coefficient (Wildman–Crippen LogP) is 2.40. The number of rotatable bonds is 5. The number of benzene rings is 2. The Kier molecular flexibility index (Phi) is 4.70. The molecule has 0 fully saturated rings. The summed E-state index contributed by atoms with van der Waals surface area (Å²) in [5.41, 5.74) is 8.69. The van der Waals surface area contributed by atoms with Gasteiger partial charge < -0.3 is 10.5 Å². The van der Waals surface area contributed by atoms with Gasteiger partial charge in [-0.3, -0.25) is 4.79 Å². The Bertz CT molecular complexity index is 520. The SMILES string of the molecule is NCC(=O)OCCc1ccc(-c2ccccc2)cc1. The molecule has 0 spiro atoms. The molecule has 19 heavy (non-hydrogen) atoms. The molecule has 0 saturated carbocycles. The zero-order valence-corrected chi connectivity index (χ0v) is 10.7. The van der Waals surface area contributed by atoms with Crippen molar-refractivity contribution >= 4 is 5.97 Å². The van der Waals surface area contributed by atoms with Gasteiger partial charge in [0.05, 0.1) is 13.2 Å². The Morgan fingerprint density at radius 1 is 0.947 bits per heavy atom. The number of carbonyl (C=O) groups is 1. The number of nitrogens with two attached hydrogens (primary N) is 1. The number of esters is 1. The zero-order valence-electron chi connectivity index (χ0n) is 10.7. The largest absolute Gasteiger partial charge is 0.464 e. The van der Waals surface area contributed by atoms with Crippen LogP contribution in [0.5, 0.6) is 0 Å². The summed E-state index contributed by atoms with van der Waals surface area (Å²) in [6, 6.07) is 18.5.